The van der Waals surface area contributed by atoms with Crippen LogP contribution in [0, 0.1) is 6.92 Å². The Kier molecular flexibility index (Phi) is 6.73. The van der Waals surface area contributed by atoms with E-state index in [2.05, 4.69) is 34.3 Å². The van der Waals surface area contributed by atoms with Crippen LogP contribution in [0.1, 0.15) is 48.1 Å². The van der Waals surface area contributed by atoms with Crippen molar-refractivity contribution in [3.8, 4) is 0 Å². The third-order valence-corrected chi connectivity index (χ3v) is 3.78. The Labute approximate surface area is 144 Å². The number of anilines is 1. The molecule has 0 saturated heterocycles. The van der Waals surface area contributed by atoms with Crippen LogP contribution in [0.5, 0.6) is 0 Å². The van der Waals surface area contributed by atoms with Crippen molar-refractivity contribution in [2.75, 3.05) is 18.5 Å². The number of rotatable bonds is 8. The van der Waals surface area contributed by atoms with Gasteiger partial charge in [0.05, 0.1) is 0 Å². The van der Waals surface area contributed by atoms with Gasteiger partial charge in [0.25, 0.3) is 5.91 Å². The Bertz CT molecular complexity index is 658. The first-order chi connectivity index (χ1) is 11.6. The fraction of sp³-hybridized carbons (Fsp3) is 0.421. The van der Waals surface area contributed by atoms with Gasteiger partial charge in [-0.3, -0.25) is 4.79 Å². The van der Waals surface area contributed by atoms with Crippen LogP contribution in [0.4, 0.5) is 5.82 Å². The van der Waals surface area contributed by atoms with E-state index in [-0.39, 0.29) is 5.91 Å². The average molecular weight is 326 g/mol. The van der Waals surface area contributed by atoms with Gasteiger partial charge in [0.2, 0.25) is 0 Å². The second kappa shape index (κ2) is 9.01. The lowest BCUT2D eigenvalue weighted by atomic mass is 10.2. The summed E-state index contributed by atoms with van der Waals surface area (Å²) >= 11 is 0. The van der Waals surface area contributed by atoms with Crippen molar-refractivity contribution in [3.63, 3.8) is 0 Å². The highest BCUT2D eigenvalue weighted by atomic mass is 16.1. The molecule has 1 amide bonds. The van der Waals surface area contributed by atoms with E-state index < -0.39 is 0 Å². The topological polar surface area (TPSA) is 58.1 Å². The van der Waals surface area contributed by atoms with Crippen LogP contribution in [0.3, 0.4) is 0 Å². The molecule has 128 valence electrons. The molecule has 0 bridgehead atoms. The van der Waals surface area contributed by atoms with Crippen LogP contribution in [0.25, 0.3) is 0 Å². The first-order valence-corrected chi connectivity index (χ1v) is 8.49. The molecule has 1 N–H and O–H groups in total. The third-order valence-electron chi connectivity index (χ3n) is 3.78. The molecular weight excluding hydrogens is 300 g/mol. The lowest BCUT2D eigenvalue weighted by Crippen LogP contribution is -2.27. The number of nitrogens with one attached hydrogen (secondary N) is 1. The molecule has 0 radical (unpaired) electrons. The van der Waals surface area contributed by atoms with Crippen molar-refractivity contribution in [2.45, 2.75) is 39.7 Å². The molecule has 2 rings (SSSR count). The molecular formula is C19H26N4O. The molecule has 5 heteroatoms. The first-order valence-electron chi connectivity index (χ1n) is 8.49. The van der Waals surface area contributed by atoms with Crippen molar-refractivity contribution in [1.29, 1.82) is 0 Å². The minimum absolute atomic E-state index is 0.133. The normalized spacial score (nSPS) is 10.5. The molecule has 1 aromatic heterocycles. The van der Waals surface area contributed by atoms with Crippen molar-refractivity contribution < 1.29 is 4.79 Å². The summed E-state index contributed by atoms with van der Waals surface area (Å²) in [5.41, 5.74) is 1.62. The monoisotopic (exact) mass is 326 g/mol. The van der Waals surface area contributed by atoms with Crippen LogP contribution in [-0.4, -0.2) is 29.5 Å². The molecule has 0 aliphatic heterocycles. The predicted octanol–water partition coefficient (Wildman–Crippen LogP) is 3.34. The van der Waals surface area contributed by atoms with Gasteiger partial charge in [-0.2, -0.15) is 0 Å². The van der Waals surface area contributed by atoms with Gasteiger partial charge in [-0.1, -0.05) is 50.1 Å². The summed E-state index contributed by atoms with van der Waals surface area (Å²) in [6.07, 6.45) is 3.25. The van der Waals surface area contributed by atoms with E-state index in [4.69, 9.17) is 0 Å². The molecule has 24 heavy (non-hydrogen) atoms. The highest BCUT2D eigenvalue weighted by molar-refractivity contribution is 5.92. The predicted molar refractivity (Wildman–Crippen MR) is 97.2 cm³/mol. The smallest absolute Gasteiger partial charge is 0.270 e. The number of carbonyl (C=O) groups excluding carboxylic acids is 1. The summed E-state index contributed by atoms with van der Waals surface area (Å²) < 4.78 is 0. The largest absolute Gasteiger partial charge is 0.355 e. The summed E-state index contributed by atoms with van der Waals surface area (Å²) in [5, 5.41) is 2.93. The van der Waals surface area contributed by atoms with Gasteiger partial charge in [0.1, 0.15) is 17.3 Å². The number of aryl methyl sites for hydroxylation is 1. The summed E-state index contributed by atoms with van der Waals surface area (Å²) in [6, 6.07) is 11.9. The fourth-order valence-corrected chi connectivity index (χ4v) is 2.47. The van der Waals surface area contributed by atoms with Gasteiger partial charge in [0, 0.05) is 26.2 Å². The van der Waals surface area contributed by atoms with Gasteiger partial charge >= 0.3 is 0 Å². The van der Waals surface area contributed by atoms with E-state index in [1.165, 1.54) is 5.56 Å². The number of carbonyl (C=O) groups is 1. The van der Waals surface area contributed by atoms with E-state index in [0.29, 0.717) is 18.1 Å². The number of amides is 1. The molecule has 0 atom stereocenters. The lowest BCUT2D eigenvalue weighted by molar-refractivity contribution is 0.0947. The SMILES string of the molecule is CCCCCNC(=O)c1cc(N(C)Cc2ccccc2)nc(C)n1. The molecule has 0 aliphatic rings. The number of nitrogens with zero attached hydrogens (tertiary/aromatic N) is 3. The maximum absolute atomic E-state index is 12.3. The van der Waals surface area contributed by atoms with Crippen molar-refractivity contribution in [1.82, 2.24) is 15.3 Å². The second-order valence-corrected chi connectivity index (χ2v) is 5.96. The Hall–Kier alpha value is -2.43. The second-order valence-electron chi connectivity index (χ2n) is 5.96. The zero-order valence-corrected chi connectivity index (χ0v) is 14.7. The summed E-state index contributed by atoms with van der Waals surface area (Å²) in [6.45, 7) is 5.37. The molecule has 0 saturated carbocycles. The molecule has 5 nitrogen and oxygen atoms in total. The molecule has 1 heterocycles. The molecule has 0 spiro atoms. The maximum Gasteiger partial charge on any atom is 0.270 e. The van der Waals surface area contributed by atoms with Gasteiger partial charge in [-0.05, 0) is 18.9 Å². The molecule has 1 aromatic carbocycles. The van der Waals surface area contributed by atoms with E-state index in [9.17, 15) is 4.79 Å². The highest BCUT2D eigenvalue weighted by Gasteiger charge is 2.12. The Morgan fingerprint density at radius 3 is 2.62 bits per heavy atom. The minimum Gasteiger partial charge on any atom is -0.355 e. The van der Waals surface area contributed by atoms with Crippen LogP contribution < -0.4 is 10.2 Å². The van der Waals surface area contributed by atoms with Crippen molar-refractivity contribution in [2.24, 2.45) is 0 Å². The number of unbranched alkanes of at least 4 members (excludes halogenated alkanes) is 2. The average Bonchev–Trinajstić information content (AvgIpc) is 2.59. The number of aromatic nitrogens is 2. The van der Waals surface area contributed by atoms with E-state index in [1.54, 1.807) is 6.07 Å². The quantitative estimate of drug-likeness (QED) is 0.756. The first kappa shape index (κ1) is 17.9. The maximum atomic E-state index is 12.3. The summed E-state index contributed by atoms with van der Waals surface area (Å²) in [7, 11) is 1.97. The molecule has 0 fully saturated rings. The number of hydrogen-bond donors (Lipinski definition) is 1. The van der Waals surface area contributed by atoms with E-state index in [1.807, 2.05) is 37.1 Å². The Morgan fingerprint density at radius 2 is 1.92 bits per heavy atom. The summed E-state index contributed by atoms with van der Waals surface area (Å²) in [4.78, 5) is 23.0. The van der Waals surface area contributed by atoms with Gasteiger partial charge in [0.15, 0.2) is 0 Å². The van der Waals surface area contributed by atoms with Crippen molar-refractivity contribution >= 4 is 11.7 Å². The summed E-state index contributed by atoms with van der Waals surface area (Å²) in [5.74, 6) is 1.22. The van der Waals surface area contributed by atoms with Gasteiger partial charge in [-0.25, -0.2) is 9.97 Å². The van der Waals surface area contributed by atoms with E-state index >= 15 is 0 Å². The van der Waals surface area contributed by atoms with Crippen LogP contribution in [-0.2, 0) is 6.54 Å². The zero-order valence-electron chi connectivity index (χ0n) is 14.7. The number of hydrogen-bond acceptors (Lipinski definition) is 4. The van der Waals surface area contributed by atoms with Crippen molar-refractivity contribution in [3.05, 3.63) is 53.5 Å². The van der Waals surface area contributed by atoms with E-state index in [0.717, 1.165) is 31.6 Å². The highest BCUT2D eigenvalue weighted by Crippen LogP contribution is 2.14. The number of benzene rings is 1. The van der Waals surface area contributed by atoms with Crippen LogP contribution >= 0.6 is 0 Å². The standard InChI is InChI=1S/C19H26N4O/c1-4-5-9-12-20-19(24)17-13-18(22-15(2)21-17)23(3)14-16-10-7-6-8-11-16/h6-8,10-11,13H,4-5,9,12,14H2,1-3H3,(H,20,24). The fourth-order valence-electron chi connectivity index (χ4n) is 2.47. The Morgan fingerprint density at radius 1 is 1.17 bits per heavy atom. The lowest BCUT2D eigenvalue weighted by Gasteiger charge is -2.19. The zero-order chi connectivity index (χ0) is 17.4. The van der Waals surface area contributed by atoms with Gasteiger partial charge in [-0.15, -0.1) is 0 Å². The molecule has 2 aromatic rings. The van der Waals surface area contributed by atoms with Crippen LogP contribution in [0.15, 0.2) is 36.4 Å². The van der Waals surface area contributed by atoms with Gasteiger partial charge < -0.3 is 10.2 Å². The Balaban J connectivity index is 2.05. The third kappa shape index (κ3) is 5.33. The molecule has 0 unspecified atom stereocenters. The van der Waals surface area contributed by atoms with Crippen LogP contribution in [0.2, 0.25) is 0 Å². The minimum atomic E-state index is -0.133. The molecule has 0 aliphatic carbocycles.